The fourth-order valence-electron chi connectivity index (χ4n) is 2.32. The van der Waals surface area contributed by atoms with Gasteiger partial charge in [-0.2, -0.15) is 0 Å². The number of thiazole rings is 1. The van der Waals surface area contributed by atoms with Crippen LogP contribution in [0.1, 0.15) is 33.3 Å². The van der Waals surface area contributed by atoms with Gasteiger partial charge in [-0.3, -0.25) is 9.59 Å². The zero-order valence-electron chi connectivity index (χ0n) is 16.4. The van der Waals surface area contributed by atoms with Crippen LogP contribution in [0.4, 0.5) is 0 Å². The third-order valence-corrected chi connectivity index (χ3v) is 5.28. The summed E-state index contributed by atoms with van der Waals surface area (Å²) in [5, 5.41) is 0.401. The summed E-state index contributed by atoms with van der Waals surface area (Å²) in [7, 11) is 3.18. The topological polar surface area (TPSA) is 57.5 Å². The number of ether oxygens (including phenoxy) is 2. The highest BCUT2D eigenvalue weighted by Gasteiger charge is 2.19. The number of benzene rings is 1. The molecular weight excluding hydrogens is 386 g/mol. The summed E-state index contributed by atoms with van der Waals surface area (Å²) < 4.78 is 13.5. The molecule has 0 unspecified atom stereocenters. The van der Waals surface area contributed by atoms with Crippen LogP contribution < -0.4 is 24.2 Å². The molecule has 0 saturated heterocycles. The third-order valence-electron chi connectivity index (χ3n) is 3.89. The minimum absolute atomic E-state index is 0.0305. The van der Waals surface area contributed by atoms with Gasteiger partial charge in [0.05, 0.1) is 23.3 Å². The van der Waals surface area contributed by atoms with Crippen molar-refractivity contribution in [1.82, 2.24) is 4.57 Å². The Morgan fingerprint density at radius 2 is 2.00 bits per heavy atom. The minimum atomic E-state index is -0.500. The Balaban J connectivity index is 2.62. The van der Waals surface area contributed by atoms with E-state index in [2.05, 4.69) is 0 Å². The first-order valence-electron chi connectivity index (χ1n) is 8.52. The van der Waals surface area contributed by atoms with Crippen LogP contribution in [0.15, 0.2) is 16.9 Å². The second kappa shape index (κ2) is 8.31. The highest BCUT2D eigenvalue weighted by Crippen LogP contribution is 2.36. The number of ketones is 1. The van der Waals surface area contributed by atoms with Crippen molar-refractivity contribution in [2.45, 2.75) is 27.7 Å². The lowest BCUT2D eigenvalue weighted by molar-refractivity contribution is -0.120. The van der Waals surface area contributed by atoms with Crippen LogP contribution in [0.25, 0.3) is 12.2 Å². The van der Waals surface area contributed by atoms with Crippen molar-refractivity contribution in [2.75, 3.05) is 13.7 Å². The molecule has 0 amide bonds. The molecule has 0 bridgehead atoms. The predicted molar refractivity (Wildman–Crippen MR) is 110 cm³/mol. The van der Waals surface area contributed by atoms with Gasteiger partial charge in [0.15, 0.2) is 17.3 Å². The predicted octanol–water partition coefficient (Wildman–Crippen LogP) is 2.73. The standard InChI is InChI=1S/C20H24ClNO4S/c1-7-26-14-9-12(8-13(21)18(14)25-6)10-15-19(24)22(5)17(27-15)11-16(23)20(2,3)4/h8-11H,7H2,1-6H3/b15-10-,17-11-. The maximum absolute atomic E-state index is 12.6. The first-order chi connectivity index (χ1) is 12.6. The van der Waals surface area contributed by atoms with Crippen molar-refractivity contribution in [3.8, 4) is 11.5 Å². The van der Waals surface area contributed by atoms with Gasteiger partial charge in [0.2, 0.25) is 0 Å². The number of hydrogen-bond donors (Lipinski definition) is 0. The molecule has 146 valence electrons. The maximum atomic E-state index is 12.6. The van der Waals surface area contributed by atoms with Crippen LogP contribution in [0.2, 0.25) is 5.02 Å². The van der Waals surface area contributed by atoms with Crippen molar-refractivity contribution in [3.63, 3.8) is 0 Å². The molecule has 1 aromatic carbocycles. The van der Waals surface area contributed by atoms with E-state index >= 15 is 0 Å². The average Bonchev–Trinajstić information content (AvgIpc) is 2.82. The van der Waals surface area contributed by atoms with E-state index in [1.54, 1.807) is 25.3 Å². The van der Waals surface area contributed by atoms with E-state index in [-0.39, 0.29) is 11.3 Å². The number of hydrogen-bond acceptors (Lipinski definition) is 5. The molecule has 0 spiro atoms. The van der Waals surface area contributed by atoms with E-state index < -0.39 is 5.41 Å². The molecule has 27 heavy (non-hydrogen) atoms. The molecule has 5 nitrogen and oxygen atoms in total. The third kappa shape index (κ3) is 4.82. The monoisotopic (exact) mass is 409 g/mol. The van der Waals surface area contributed by atoms with Crippen LogP contribution in [0.5, 0.6) is 11.5 Å². The Kier molecular flexibility index (Phi) is 6.54. The fraction of sp³-hybridized carbons (Fsp3) is 0.400. The number of methoxy groups -OCH3 is 1. The number of rotatable bonds is 5. The summed E-state index contributed by atoms with van der Waals surface area (Å²) in [4.78, 5) is 24.8. The SMILES string of the molecule is CCOc1cc(/C=c2\s/c(=C\C(=O)C(C)(C)C)n(C)c2=O)cc(Cl)c1OC. The molecule has 1 aromatic heterocycles. The summed E-state index contributed by atoms with van der Waals surface area (Å²) in [5.74, 6) is 0.943. The quantitative estimate of drug-likeness (QED) is 0.761. The van der Waals surface area contributed by atoms with Crippen LogP contribution in [-0.4, -0.2) is 24.1 Å². The van der Waals surface area contributed by atoms with Gasteiger partial charge in [-0.15, -0.1) is 11.3 Å². The molecule has 0 aliphatic heterocycles. The normalized spacial score (nSPS) is 13.1. The molecule has 0 fully saturated rings. The zero-order valence-corrected chi connectivity index (χ0v) is 18.0. The molecule has 0 aliphatic carbocycles. The number of carbonyl (C=O) groups excluding carboxylic acids is 1. The largest absolute Gasteiger partial charge is 0.491 e. The molecule has 0 saturated carbocycles. The first kappa shape index (κ1) is 21.3. The Labute approximate surface area is 167 Å². The van der Waals surface area contributed by atoms with E-state index in [9.17, 15) is 9.59 Å². The van der Waals surface area contributed by atoms with Gasteiger partial charge in [-0.1, -0.05) is 32.4 Å². The Hall–Kier alpha value is -2.05. The lowest BCUT2D eigenvalue weighted by Gasteiger charge is -2.12. The van der Waals surface area contributed by atoms with Crippen LogP contribution in [-0.2, 0) is 11.8 Å². The van der Waals surface area contributed by atoms with E-state index in [1.807, 2.05) is 27.7 Å². The van der Waals surface area contributed by atoms with Gasteiger partial charge in [-0.05, 0) is 30.7 Å². The Morgan fingerprint density at radius 3 is 2.56 bits per heavy atom. The average molecular weight is 410 g/mol. The number of halogens is 1. The lowest BCUT2D eigenvalue weighted by Crippen LogP contribution is -2.30. The number of nitrogens with zero attached hydrogens (tertiary/aromatic N) is 1. The Bertz CT molecular complexity index is 1030. The minimum Gasteiger partial charge on any atom is -0.491 e. The number of aromatic nitrogens is 1. The van der Waals surface area contributed by atoms with E-state index in [4.69, 9.17) is 21.1 Å². The molecule has 2 rings (SSSR count). The van der Waals surface area contributed by atoms with Crippen molar-refractivity contribution >= 4 is 40.9 Å². The summed E-state index contributed by atoms with van der Waals surface area (Å²) >= 11 is 7.54. The maximum Gasteiger partial charge on any atom is 0.268 e. The summed E-state index contributed by atoms with van der Waals surface area (Å²) in [6.07, 6.45) is 3.26. The fourth-order valence-corrected chi connectivity index (χ4v) is 3.65. The van der Waals surface area contributed by atoms with Crippen molar-refractivity contribution in [3.05, 3.63) is 42.3 Å². The highest BCUT2D eigenvalue weighted by molar-refractivity contribution is 7.07. The van der Waals surface area contributed by atoms with Gasteiger partial charge in [0, 0.05) is 18.5 Å². The second-order valence-electron chi connectivity index (χ2n) is 7.04. The van der Waals surface area contributed by atoms with Crippen molar-refractivity contribution in [1.29, 1.82) is 0 Å². The van der Waals surface area contributed by atoms with Crippen LogP contribution in [0, 0.1) is 5.41 Å². The van der Waals surface area contributed by atoms with Crippen molar-refractivity contribution < 1.29 is 14.3 Å². The van der Waals surface area contributed by atoms with E-state index in [0.29, 0.717) is 32.3 Å². The second-order valence-corrected chi connectivity index (χ2v) is 8.51. The van der Waals surface area contributed by atoms with Gasteiger partial charge in [-0.25, -0.2) is 0 Å². The van der Waals surface area contributed by atoms with Crippen molar-refractivity contribution in [2.24, 2.45) is 12.5 Å². The molecule has 0 aliphatic rings. The molecular formula is C20H24ClNO4S. The van der Waals surface area contributed by atoms with Crippen LogP contribution >= 0.6 is 22.9 Å². The molecule has 7 heteroatoms. The van der Waals surface area contributed by atoms with Gasteiger partial charge >= 0.3 is 0 Å². The zero-order chi connectivity index (χ0) is 20.4. The molecule has 0 radical (unpaired) electrons. The summed E-state index contributed by atoms with van der Waals surface area (Å²) in [6, 6.07) is 3.49. The van der Waals surface area contributed by atoms with E-state index in [1.165, 1.54) is 29.1 Å². The van der Waals surface area contributed by atoms with Crippen LogP contribution in [0.3, 0.4) is 0 Å². The highest BCUT2D eigenvalue weighted by atomic mass is 35.5. The van der Waals surface area contributed by atoms with Gasteiger partial charge in [0.1, 0.15) is 4.66 Å². The van der Waals surface area contributed by atoms with Gasteiger partial charge in [0.25, 0.3) is 5.56 Å². The molecule has 0 atom stereocenters. The van der Waals surface area contributed by atoms with Gasteiger partial charge < -0.3 is 14.0 Å². The Morgan fingerprint density at radius 1 is 1.33 bits per heavy atom. The van der Waals surface area contributed by atoms with E-state index in [0.717, 1.165) is 5.56 Å². The first-order valence-corrected chi connectivity index (χ1v) is 9.72. The smallest absolute Gasteiger partial charge is 0.268 e. The summed E-state index contributed by atoms with van der Waals surface area (Å²) in [5.41, 5.74) is 0.0505. The molecule has 0 N–H and O–H groups in total. The number of carbonyl (C=O) groups is 1. The molecule has 2 aromatic rings. The number of Topliss-reactive ketones (excluding diaryl/α,β-unsaturated/α-hetero) is 1. The lowest BCUT2D eigenvalue weighted by atomic mass is 9.91. The summed E-state index contributed by atoms with van der Waals surface area (Å²) in [6.45, 7) is 7.87. The molecule has 1 heterocycles.